The van der Waals surface area contributed by atoms with E-state index in [1.54, 1.807) is 0 Å². The van der Waals surface area contributed by atoms with E-state index in [-0.39, 0.29) is 5.97 Å². The lowest BCUT2D eigenvalue weighted by Gasteiger charge is -2.11. The molecule has 0 N–H and O–H groups in total. The monoisotopic (exact) mass is 266 g/mol. The van der Waals surface area contributed by atoms with E-state index in [9.17, 15) is 4.79 Å². The molecule has 19 heavy (non-hydrogen) atoms. The predicted octanol–water partition coefficient (Wildman–Crippen LogP) is 4.89. The number of rotatable bonds is 9. The third kappa shape index (κ3) is 10.6. The van der Waals surface area contributed by atoms with Crippen LogP contribution in [-0.2, 0) is 9.53 Å². The molecule has 0 radical (unpaired) electrons. The highest BCUT2D eigenvalue weighted by atomic mass is 16.5. The second kappa shape index (κ2) is 10.9. The summed E-state index contributed by atoms with van der Waals surface area (Å²) in [7, 11) is 1.42. The summed E-state index contributed by atoms with van der Waals surface area (Å²) >= 11 is 0. The fraction of sp³-hybridized carbons (Fsp3) is 0.765. The van der Waals surface area contributed by atoms with Gasteiger partial charge in [0.1, 0.15) is 0 Å². The first kappa shape index (κ1) is 18.0. The zero-order valence-corrected chi connectivity index (χ0v) is 13.3. The standard InChI is InChI=1S/C17H30O2/c1-6-14(2)9-7-10-15(3)11-8-12-16(4)13-17(18)19-5/h8,14-15H,6-7,9-11,13H2,1-5H3. The van der Waals surface area contributed by atoms with Crippen molar-refractivity contribution in [3.63, 3.8) is 0 Å². The molecule has 0 fully saturated rings. The second-order valence-electron chi connectivity index (χ2n) is 5.67. The Balaban J connectivity index is 3.90. The van der Waals surface area contributed by atoms with E-state index >= 15 is 0 Å². The molecule has 0 aromatic rings. The summed E-state index contributed by atoms with van der Waals surface area (Å²) < 4.78 is 4.62. The Kier molecular flexibility index (Phi) is 10.3. The van der Waals surface area contributed by atoms with Crippen molar-refractivity contribution >= 4 is 5.97 Å². The van der Waals surface area contributed by atoms with Gasteiger partial charge in [0.2, 0.25) is 0 Å². The lowest BCUT2D eigenvalue weighted by molar-refractivity contribution is -0.139. The highest BCUT2D eigenvalue weighted by molar-refractivity contribution is 5.71. The van der Waals surface area contributed by atoms with Gasteiger partial charge < -0.3 is 4.74 Å². The SMILES string of the molecule is CCC(C)CCCC(C)CC=C=C(C)CC(=O)OC. The van der Waals surface area contributed by atoms with Crippen LogP contribution in [0.2, 0.25) is 0 Å². The molecule has 0 saturated carbocycles. The van der Waals surface area contributed by atoms with Crippen LogP contribution in [0.4, 0.5) is 0 Å². The molecule has 2 nitrogen and oxygen atoms in total. The largest absolute Gasteiger partial charge is 0.469 e. The molecule has 0 aliphatic carbocycles. The summed E-state index contributed by atoms with van der Waals surface area (Å²) in [5.41, 5.74) is 4.12. The van der Waals surface area contributed by atoms with Gasteiger partial charge >= 0.3 is 5.97 Å². The average Bonchev–Trinajstić information content (AvgIpc) is 2.38. The molecule has 0 heterocycles. The summed E-state index contributed by atoms with van der Waals surface area (Å²) in [6.45, 7) is 8.78. The van der Waals surface area contributed by atoms with Gasteiger partial charge in [-0.05, 0) is 36.8 Å². The molecule has 0 amide bonds. The number of ether oxygens (including phenoxy) is 1. The summed E-state index contributed by atoms with van der Waals surface area (Å²) in [6.07, 6.45) is 8.65. The molecule has 0 spiro atoms. The van der Waals surface area contributed by atoms with Gasteiger partial charge in [-0.1, -0.05) is 46.5 Å². The third-order valence-electron chi connectivity index (χ3n) is 3.60. The minimum absolute atomic E-state index is 0.194. The molecule has 0 bridgehead atoms. The van der Waals surface area contributed by atoms with Crippen molar-refractivity contribution in [3.8, 4) is 0 Å². The molecular weight excluding hydrogens is 236 g/mol. The number of methoxy groups -OCH3 is 1. The van der Waals surface area contributed by atoms with Crippen molar-refractivity contribution in [2.24, 2.45) is 11.8 Å². The van der Waals surface area contributed by atoms with Gasteiger partial charge in [-0.25, -0.2) is 0 Å². The Morgan fingerprint density at radius 3 is 2.47 bits per heavy atom. The Hall–Kier alpha value is -1.01. The highest BCUT2D eigenvalue weighted by Crippen LogP contribution is 2.17. The highest BCUT2D eigenvalue weighted by Gasteiger charge is 2.03. The van der Waals surface area contributed by atoms with E-state index in [2.05, 4.69) is 37.3 Å². The number of hydrogen-bond donors (Lipinski definition) is 0. The van der Waals surface area contributed by atoms with Gasteiger partial charge in [-0.15, -0.1) is 5.73 Å². The van der Waals surface area contributed by atoms with Crippen LogP contribution in [0.5, 0.6) is 0 Å². The number of esters is 1. The molecule has 0 rings (SSSR count). The zero-order chi connectivity index (χ0) is 14.7. The minimum Gasteiger partial charge on any atom is -0.469 e. The topological polar surface area (TPSA) is 26.3 Å². The number of carbonyl (C=O) groups is 1. The number of carbonyl (C=O) groups excluding carboxylic acids is 1. The minimum atomic E-state index is -0.194. The van der Waals surface area contributed by atoms with Crippen molar-refractivity contribution in [2.45, 2.75) is 66.2 Å². The second-order valence-corrected chi connectivity index (χ2v) is 5.67. The van der Waals surface area contributed by atoms with E-state index in [1.807, 2.05) is 6.92 Å². The van der Waals surface area contributed by atoms with Crippen molar-refractivity contribution in [1.82, 2.24) is 0 Å². The van der Waals surface area contributed by atoms with E-state index < -0.39 is 0 Å². The molecule has 0 aromatic heterocycles. The lowest BCUT2D eigenvalue weighted by atomic mass is 9.95. The van der Waals surface area contributed by atoms with E-state index in [1.165, 1.54) is 32.8 Å². The van der Waals surface area contributed by atoms with Crippen molar-refractivity contribution in [2.75, 3.05) is 7.11 Å². The third-order valence-corrected chi connectivity index (χ3v) is 3.60. The Morgan fingerprint density at radius 2 is 1.89 bits per heavy atom. The molecule has 110 valence electrons. The maximum Gasteiger partial charge on any atom is 0.310 e. The Morgan fingerprint density at radius 1 is 1.26 bits per heavy atom. The van der Waals surface area contributed by atoms with Crippen molar-refractivity contribution in [3.05, 3.63) is 17.4 Å². The van der Waals surface area contributed by atoms with Crippen molar-refractivity contribution in [1.29, 1.82) is 0 Å². The average molecular weight is 266 g/mol. The summed E-state index contributed by atoms with van der Waals surface area (Å²) in [6, 6.07) is 0. The summed E-state index contributed by atoms with van der Waals surface area (Å²) in [4.78, 5) is 11.1. The molecular formula is C17H30O2. The van der Waals surface area contributed by atoms with Gasteiger partial charge in [-0.2, -0.15) is 0 Å². The summed E-state index contributed by atoms with van der Waals surface area (Å²) in [5, 5.41) is 0. The van der Waals surface area contributed by atoms with Crippen LogP contribution in [0.3, 0.4) is 0 Å². The van der Waals surface area contributed by atoms with Gasteiger partial charge in [0.05, 0.1) is 13.5 Å². The summed E-state index contributed by atoms with van der Waals surface area (Å²) in [5.74, 6) is 1.35. The van der Waals surface area contributed by atoms with Crippen LogP contribution in [0, 0.1) is 11.8 Å². The van der Waals surface area contributed by atoms with Crippen molar-refractivity contribution < 1.29 is 9.53 Å². The van der Waals surface area contributed by atoms with Gasteiger partial charge in [-0.3, -0.25) is 4.79 Å². The van der Waals surface area contributed by atoms with Crippen LogP contribution in [0.15, 0.2) is 17.4 Å². The van der Waals surface area contributed by atoms with E-state index in [0.717, 1.165) is 17.9 Å². The van der Waals surface area contributed by atoms with Crippen LogP contribution in [0.1, 0.15) is 66.2 Å². The first-order chi connectivity index (χ1) is 8.99. The fourth-order valence-corrected chi connectivity index (χ4v) is 1.91. The fourth-order valence-electron chi connectivity index (χ4n) is 1.91. The smallest absolute Gasteiger partial charge is 0.310 e. The van der Waals surface area contributed by atoms with Crippen LogP contribution < -0.4 is 0 Å². The van der Waals surface area contributed by atoms with E-state index in [0.29, 0.717) is 12.3 Å². The predicted molar refractivity (Wildman–Crippen MR) is 81.0 cm³/mol. The lowest BCUT2D eigenvalue weighted by Crippen LogP contribution is -1.99. The van der Waals surface area contributed by atoms with Crippen LogP contribution >= 0.6 is 0 Å². The van der Waals surface area contributed by atoms with Crippen LogP contribution in [0.25, 0.3) is 0 Å². The maximum atomic E-state index is 11.1. The van der Waals surface area contributed by atoms with Gasteiger partial charge in [0.15, 0.2) is 0 Å². The Bertz CT molecular complexity index is 311. The van der Waals surface area contributed by atoms with Gasteiger partial charge in [0.25, 0.3) is 0 Å². The molecule has 2 atom stereocenters. The van der Waals surface area contributed by atoms with Gasteiger partial charge in [0, 0.05) is 0 Å². The molecule has 0 aliphatic rings. The van der Waals surface area contributed by atoms with E-state index in [4.69, 9.17) is 0 Å². The number of hydrogen-bond acceptors (Lipinski definition) is 2. The molecule has 0 aromatic carbocycles. The molecule has 2 unspecified atom stereocenters. The zero-order valence-electron chi connectivity index (χ0n) is 13.3. The Labute approximate surface area is 118 Å². The first-order valence-electron chi connectivity index (χ1n) is 7.47. The maximum absolute atomic E-state index is 11.1. The molecule has 2 heteroatoms. The van der Waals surface area contributed by atoms with Crippen LogP contribution in [-0.4, -0.2) is 13.1 Å². The molecule has 0 saturated heterocycles. The first-order valence-corrected chi connectivity index (χ1v) is 7.47. The molecule has 0 aliphatic heterocycles. The quantitative estimate of drug-likeness (QED) is 0.438. The normalized spacial score (nSPS) is 13.3.